The van der Waals surface area contributed by atoms with Gasteiger partial charge in [-0.1, -0.05) is 36.4 Å². The maximum absolute atomic E-state index is 13.5. The van der Waals surface area contributed by atoms with Crippen LogP contribution in [0.2, 0.25) is 0 Å². The molecule has 3 rings (SSSR count). The zero-order valence-electron chi connectivity index (χ0n) is 11.3. The second kappa shape index (κ2) is 5.08. The van der Waals surface area contributed by atoms with Crippen molar-refractivity contribution < 1.29 is 9.18 Å². The molecule has 1 amide bonds. The second-order valence-electron chi connectivity index (χ2n) is 5.20. The smallest absolute Gasteiger partial charge is 0.234 e. The minimum absolute atomic E-state index is 0.0283. The lowest BCUT2D eigenvalue weighted by Crippen LogP contribution is -2.31. The zero-order valence-corrected chi connectivity index (χ0v) is 11.3. The van der Waals surface area contributed by atoms with Crippen molar-refractivity contribution in [3.63, 3.8) is 0 Å². The molecule has 102 valence electrons. The van der Waals surface area contributed by atoms with Gasteiger partial charge in [0.2, 0.25) is 5.91 Å². The zero-order chi connectivity index (χ0) is 14.1. The van der Waals surface area contributed by atoms with Crippen LogP contribution >= 0.6 is 0 Å². The molecule has 0 saturated carbocycles. The Hall–Kier alpha value is -2.16. The normalized spacial score (nSPS) is 18.6. The fraction of sp³-hybridized carbons (Fsp3) is 0.235. The van der Waals surface area contributed by atoms with Crippen molar-refractivity contribution in [3.05, 3.63) is 71.0 Å². The van der Waals surface area contributed by atoms with Crippen molar-refractivity contribution >= 4 is 5.91 Å². The molecule has 2 aromatic carbocycles. The number of likely N-dealkylation sites (N-methyl/N-ethyl adjacent to an activating group) is 1. The maximum Gasteiger partial charge on any atom is 0.234 e. The third-order valence-corrected chi connectivity index (χ3v) is 3.89. The minimum atomic E-state index is -0.408. The molecule has 2 nitrogen and oxygen atoms in total. The number of halogens is 1. The van der Waals surface area contributed by atoms with E-state index in [1.54, 1.807) is 18.0 Å². The van der Waals surface area contributed by atoms with E-state index in [0.29, 0.717) is 6.54 Å². The molecule has 0 unspecified atom stereocenters. The van der Waals surface area contributed by atoms with Crippen LogP contribution < -0.4 is 0 Å². The summed E-state index contributed by atoms with van der Waals surface area (Å²) in [5, 5.41) is 0. The van der Waals surface area contributed by atoms with Gasteiger partial charge >= 0.3 is 0 Å². The predicted octanol–water partition coefficient (Wildman–Crippen LogP) is 2.97. The topological polar surface area (TPSA) is 20.3 Å². The monoisotopic (exact) mass is 269 g/mol. The summed E-state index contributed by atoms with van der Waals surface area (Å²) >= 11 is 0. The van der Waals surface area contributed by atoms with Crippen molar-refractivity contribution in [1.29, 1.82) is 0 Å². The average molecular weight is 269 g/mol. The lowest BCUT2D eigenvalue weighted by Gasteiger charge is -2.21. The Bertz CT molecular complexity index is 653. The van der Waals surface area contributed by atoms with Crippen LogP contribution in [0.25, 0.3) is 0 Å². The van der Waals surface area contributed by atoms with Gasteiger partial charge in [0.25, 0.3) is 0 Å². The SMILES string of the molecule is CN1CCc2ccccc2[C@H](c2cccc(F)c2)C1=O. The third-order valence-electron chi connectivity index (χ3n) is 3.89. The Morgan fingerprint density at radius 1 is 1.15 bits per heavy atom. The largest absolute Gasteiger partial charge is 0.345 e. The van der Waals surface area contributed by atoms with Gasteiger partial charge in [0.05, 0.1) is 5.92 Å². The van der Waals surface area contributed by atoms with Gasteiger partial charge in [-0.15, -0.1) is 0 Å². The van der Waals surface area contributed by atoms with Gasteiger partial charge < -0.3 is 4.90 Å². The Balaban J connectivity index is 2.17. The molecule has 0 radical (unpaired) electrons. The molecule has 2 aromatic rings. The molecular weight excluding hydrogens is 253 g/mol. The predicted molar refractivity (Wildman–Crippen MR) is 76.0 cm³/mol. The Labute approximate surface area is 117 Å². The summed E-state index contributed by atoms with van der Waals surface area (Å²) in [5.74, 6) is -0.686. The minimum Gasteiger partial charge on any atom is -0.345 e. The van der Waals surface area contributed by atoms with Crippen LogP contribution in [0.5, 0.6) is 0 Å². The van der Waals surface area contributed by atoms with E-state index in [9.17, 15) is 9.18 Å². The Morgan fingerprint density at radius 2 is 1.95 bits per heavy atom. The van der Waals surface area contributed by atoms with Gasteiger partial charge in [-0.3, -0.25) is 4.79 Å². The van der Waals surface area contributed by atoms with E-state index in [-0.39, 0.29) is 11.7 Å². The van der Waals surface area contributed by atoms with E-state index < -0.39 is 5.92 Å². The molecular formula is C17H16FNO. The van der Waals surface area contributed by atoms with Crippen molar-refractivity contribution in [2.75, 3.05) is 13.6 Å². The van der Waals surface area contributed by atoms with Crippen LogP contribution in [0.1, 0.15) is 22.6 Å². The van der Waals surface area contributed by atoms with E-state index in [2.05, 4.69) is 0 Å². The molecule has 0 spiro atoms. The third kappa shape index (κ3) is 2.20. The fourth-order valence-corrected chi connectivity index (χ4v) is 2.80. The number of hydrogen-bond acceptors (Lipinski definition) is 1. The quantitative estimate of drug-likeness (QED) is 0.779. The first-order valence-electron chi connectivity index (χ1n) is 6.75. The van der Waals surface area contributed by atoms with E-state index in [0.717, 1.165) is 17.5 Å². The summed E-state index contributed by atoms with van der Waals surface area (Å²) in [6.45, 7) is 0.696. The molecule has 1 aliphatic rings. The summed E-state index contributed by atoms with van der Waals surface area (Å²) in [6.07, 6.45) is 0.838. The number of carbonyl (C=O) groups excluding carboxylic acids is 1. The summed E-state index contributed by atoms with van der Waals surface area (Å²) in [5.41, 5.74) is 2.88. The van der Waals surface area contributed by atoms with Crippen LogP contribution in [0.15, 0.2) is 48.5 Å². The molecule has 1 heterocycles. The van der Waals surface area contributed by atoms with E-state index in [4.69, 9.17) is 0 Å². The number of amides is 1. The van der Waals surface area contributed by atoms with Crippen molar-refractivity contribution in [2.24, 2.45) is 0 Å². The van der Waals surface area contributed by atoms with Crippen molar-refractivity contribution in [1.82, 2.24) is 4.90 Å². The highest BCUT2D eigenvalue weighted by molar-refractivity contribution is 5.88. The van der Waals surface area contributed by atoms with Gasteiger partial charge in [-0.05, 0) is 35.2 Å². The average Bonchev–Trinajstić information content (AvgIpc) is 2.57. The lowest BCUT2D eigenvalue weighted by molar-refractivity contribution is -0.130. The maximum atomic E-state index is 13.5. The van der Waals surface area contributed by atoms with Crippen LogP contribution in [0.3, 0.4) is 0 Å². The molecule has 0 aliphatic carbocycles. The molecule has 0 aromatic heterocycles. The molecule has 0 N–H and O–H groups in total. The summed E-state index contributed by atoms with van der Waals surface area (Å²) < 4.78 is 13.5. The molecule has 0 fully saturated rings. The molecule has 20 heavy (non-hydrogen) atoms. The number of carbonyl (C=O) groups is 1. The molecule has 1 atom stereocenters. The van der Waals surface area contributed by atoms with Crippen LogP contribution in [0, 0.1) is 5.82 Å². The highest BCUT2D eigenvalue weighted by Crippen LogP contribution is 2.32. The Kier molecular flexibility index (Phi) is 3.26. The summed E-state index contributed by atoms with van der Waals surface area (Å²) in [4.78, 5) is 14.4. The van der Waals surface area contributed by atoms with Crippen LogP contribution in [-0.2, 0) is 11.2 Å². The van der Waals surface area contributed by atoms with Gasteiger partial charge in [0.1, 0.15) is 5.82 Å². The highest BCUT2D eigenvalue weighted by Gasteiger charge is 2.30. The fourth-order valence-electron chi connectivity index (χ4n) is 2.80. The van der Waals surface area contributed by atoms with Gasteiger partial charge in [-0.25, -0.2) is 4.39 Å². The Morgan fingerprint density at radius 3 is 2.75 bits per heavy atom. The first kappa shape index (κ1) is 12.9. The summed E-state index contributed by atoms with van der Waals surface area (Å²) in [7, 11) is 1.81. The number of benzene rings is 2. The van der Waals surface area contributed by atoms with Crippen molar-refractivity contribution in [3.8, 4) is 0 Å². The standard InChI is InChI=1S/C17H16FNO/c1-19-10-9-12-5-2-3-8-15(12)16(17(19)20)13-6-4-7-14(18)11-13/h2-8,11,16H,9-10H2,1H3/t16-/m0/s1. The number of fused-ring (bicyclic) bond motifs is 1. The summed E-state index contributed by atoms with van der Waals surface area (Å²) in [6, 6.07) is 14.3. The molecule has 0 saturated heterocycles. The number of rotatable bonds is 1. The highest BCUT2D eigenvalue weighted by atomic mass is 19.1. The first-order chi connectivity index (χ1) is 9.66. The van der Waals surface area contributed by atoms with E-state index >= 15 is 0 Å². The first-order valence-corrected chi connectivity index (χ1v) is 6.75. The van der Waals surface area contributed by atoms with E-state index in [1.807, 2.05) is 30.3 Å². The molecule has 1 aliphatic heterocycles. The van der Waals surface area contributed by atoms with Crippen LogP contribution in [-0.4, -0.2) is 24.4 Å². The van der Waals surface area contributed by atoms with Crippen LogP contribution in [0.4, 0.5) is 4.39 Å². The van der Waals surface area contributed by atoms with E-state index in [1.165, 1.54) is 17.7 Å². The second-order valence-corrected chi connectivity index (χ2v) is 5.20. The van der Waals surface area contributed by atoms with Gasteiger partial charge in [0, 0.05) is 13.6 Å². The van der Waals surface area contributed by atoms with Gasteiger partial charge in [-0.2, -0.15) is 0 Å². The lowest BCUT2D eigenvalue weighted by atomic mass is 9.87. The number of nitrogens with zero attached hydrogens (tertiary/aromatic N) is 1. The molecule has 3 heteroatoms. The number of hydrogen-bond donors (Lipinski definition) is 0. The molecule has 0 bridgehead atoms. The van der Waals surface area contributed by atoms with Crippen molar-refractivity contribution in [2.45, 2.75) is 12.3 Å². The van der Waals surface area contributed by atoms with Gasteiger partial charge in [0.15, 0.2) is 0 Å².